The molecule has 28 heavy (non-hydrogen) atoms. The van der Waals surface area contributed by atoms with E-state index in [1.54, 1.807) is 30.3 Å². The molecular formula is C19H24N2O7. The number of aliphatic carboxylic acids is 1. The van der Waals surface area contributed by atoms with E-state index in [1.165, 1.54) is 7.11 Å². The summed E-state index contributed by atoms with van der Waals surface area (Å²) in [6, 6.07) is 8.69. The second-order valence-corrected chi connectivity index (χ2v) is 6.48. The molecule has 1 heterocycles. The quantitative estimate of drug-likeness (QED) is 0.496. The van der Waals surface area contributed by atoms with E-state index in [2.05, 4.69) is 0 Å². The molecule has 1 fully saturated rings. The third-order valence-corrected chi connectivity index (χ3v) is 4.73. The molecule has 152 valence electrons. The Morgan fingerprint density at radius 3 is 2.50 bits per heavy atom. The highest BCUT2D eigenvalue weighted by molar-refractivity contribution is 6.18. The predicted octanol–water partition coefficient (Wildman–Crippen LogP) is 1.09. The minimum Gasteiger partial charge on any atom is -0.479 e. The number of nitrogens with two attached hydrogens (primary N) is 1. The van der Waals surface area contributed by atoms with Crippen molar-refractivity contribution in [3.8, 4) is 0 Å². The standard InChI is InChI=1S/C19H24N2O7/c1-27-14-11-15(22)19(17(24)25,9-5-6-10-20)21(16(14)23)18(26)28-12-13-7-3-2-4-8-13/h2-4,7-8,14H,5-6,9-12,20H2,1H3,(H,24,25)/t14?,19-/m1/s1. The van der Waals surface area contributed by atoms with E-state index in [9.17, 15) is 24.3 Å². The number of likely N-dealkylation sites (tertiary alicyclic amines) is 1. The molecular weight excluding hydrogens is 368 g/mol. The molecule has 0 aliphatic carbocycles. The van der Waals surface area contributed by atoms with Crippen LogP contribution in [0.25, 0.3) is 0 Å². The highest BCUT2D eigenvalue weighted by Gasteiger charge is 2.60. The summed E-state index contributed by atoms with van der Waals surface area (Å²) in [7, 11) is 1.21. The Bertz CT molecular complexity index is 737. The molecule has 2 amide bonds. The van der Waals surface area contributed by atoms with Crippen molar-refractivity contribution in [1.29, 1.82) is 0 Å². The fourth-order valence-corrected chi connectivity index (χ4v) is 3.19. The number of piperidine rings is 1. The average Bonchev–Trinajstić information content (AvgIpc) is 2.69. The largest absolute Gasteiger partial charge is 0.479 e. The lowest BCUT2D eigenvalue weighted by atomic mass is 9.80. The van der Waals surface area contributed by atoms with Gasteiger partial charge in [0.2, 0.25) is 5.54 Å². The van der Waals surface area contributed by atoms with E-state index in [1.807, 2.05) is 0 Å². The first-order chi connectivity index (χ1) is 13.4. The first-order valence-electron chi connectivity index (χ1n) is 8.92. The fraction of sp³-hybridized carbons (Fsp3) is 0.474. The van der Waals surface area contributed by atoms with Crippen molar-refractivity contribution in [2.24, 2.45) is 5.73 Å². The SMILES string of the molecule is COC1CC(=O)[C@](CCCCN)(C(=O)O)N(C(=O)OCc2ccccc2)C1=O. The molecule has 9 heteroatoms. The number of carbonyl (C=O) groups is 4. The number of ether oxygens (including phenoxy) is 2. The number of methoxy groups -OCH3 is 1. The number of carboxylic acids is 1. The van der Waals surface area contributed by atoms with Gasteiger partial charge >= 0.3 is 12.1 Å². The van der Waals surface area contributed by atoms with Crippen LogP contribution < -0.4 is 5.73 Å². The van der Waals surface area contributed by atoms with Gasteiger partial charge in [-0.3, -0.25) is 9.59 Å². The van der Waals surface area contributed by atoms with Gasteiger partial charge in [0.25, 0.3) is 5.91 Å². The van der Waals surface area contributed by atoms with E-state index in [0.717, 1.165) is 0 Å². The van der Waals surface area contributed by atoms with E-state index < -0.39 is 41.8 Å². The molecule has 0 saturated carbocycles. The van der Waals surface area contributed by atoms with Gasteiger partial charge in [-0.15, -0.1) is 0 Å². The first kappa shape index (κ1) is 21.5. The van der Waals surface area contributed by atoms with Crippen LogP contribution in [0.1, 0.15) is 31.2 Å². The summed E-state index contributed by atoms with van der Waals surface area (Å²) in [5.41, 5.74) is 3.78. The number of hydrogen-bond donors (Lipinski definition) is 2. The number of unbranched alkanes of at least 4 members (excludes halogenated alkanes) is 1. The van der Waals surface area contributed by atoms with Gasteiger partial charge < -0.3 is 20.3 Å². The molecule has 3 N–H and O–H groups in total. The Balaban J connectivity index is 2.35. The van der Waals surface area contributed by atoms with Crippen LogP contribution in [0.5, 0.6) is 0 Å². The summed E-state index contributed by atoms with van der Waals surface area (Å²) in [5, 5.41) is 9.85. The zero-order valence-electron chi connectivity index (χ0n) is 15.6. The van der Waals surface area contributed by atoms with Gasteiger partial charge in [-0.1, -0.05) is 30.3 Å². The van der Waals surface area contributed by atoms with Crippen LogP contribution in [0.15, 0.2) is 30.3 Å². The molecule has 0 radical (unpaired) electrons. The molecule has 9 nitrogen and oxygen atoms in total. The van der Waals surface area contributed by atoms with Crippen molar-refractivity contribution < 1.29 is 33.8 Å². The minimum absolute atomic E-state index is 0.173. The van der Waals surface area contributed by atoms with Gasteiger partial charge in [0.05, 0.1) is 0 Å². The summed E-state index contributed by atoms with van der Waals surface area (Å²) in [6.07, 6.45) is -2.40. The molecule has 1 saturated heterocycles. The third-order valence-electron chi connectivity index (χ3n) is 4.73. The molecule has 2 rings (SSSR count). The Labute approximate surface area is 162 Å². The van der Waals surface area contributed by atoms with Crippen molar-refractivity contribution >= 4 is 23.8 Å². The lowest BCUT2D eigenvalue weighted by Crippen LogP contribution is -2.69. The Hall–Kier alpha value is -2.78. The van der Waals surface area contributed by atoms with Gasteiger partial charge in [-0.2, -0.15) is 0 Å². The fourth-order valence-electron chi connectivity index (χ4n) is 3.19. The highest BCUT2D eigenvalue weighted by atomic mass is 16.6. The smallest absolute Gasteiger partial charge is 0.418 e. The number of hydrogen-bond acceptors (Lipinski definition) is 7. The zero-order chi connectivity index (χ0) is 20.7. The van der Waals surface area contributed by atoms with Crippen molar-refractivity contribution in [2.75, 3.05) is 13.7 Å². The van der Waals surface area contributed by atoms with Crippen molar-refractivity contribution in [2.45, 2.75) is 43.9 Å². The summed E-state index contributed by atoms with van der Waals surface area (Å²) in [6.45, 7) is 0.116. The number of benzene rings is 1. The minimum atomic E-state index is -2.32. The molecule has 1 aromatic rings. The topological polar surface area (TPSA) is 136 Å². The molecule has 0 bridgehead atoms. The normalized spacial score (nSPS) is 22.2. The van der Waals surface area contributed by atoms with Crippen LogP contribution in [0.4, 0.5) is 4.79 Å². The summed E-state index contributed by atoms with van der Waals surface area (Å²) >= 11 is 0. The lowest BCUT2D eigenvalue weighted by Gasteiger charge is -2.42. The van der Waals surface area contributed by atoms with Gasteiger partial charge in [0, 0.05) is 13.5 Å². The summed E-state index contributed by atoms with van der Waals surface area (Å²) in [5.74, 6) is -3.26. The number of carboxylic acid groups (broad SMARTS) is 1. The molecule has 1 aliphatic heterocycles. The second kappa shape index (κ2) is 9.43. The van der Waals surface area contributed by atoms with E-state index >= 15 is 0 Å². The number of imide groups is 1. The Morgan fingerprint density at radius 1 is 1.25 bits per heavy atom. The molecule has 2 atom stereocenters. The second-order valence-electron chi connectivity index (χ2n) is 6.48. The van der Waals surface area contributed by atoms with Crippen LogP contribution in [-0.2, 0) is 30.5 Å². The maximum absolute atomic E-state index is 12.8. The molecule has 0 spiro atoms. The number of amides is 2. The van der Waals surface area contributed by atoms with Crippen LogP contribution in [-0.4, -0.2) is 59.1 Å². The molecule has 1 aliphatic rings. The van der Waals surface area contributed by atoms with Crippen molar-refractivity contribution in [3.05, 3.63) is 35.9 Å². The van der Waals surface area contributed by atoms with Crippen LogP contribution >= 0.6 is 0 Å². The van der Waals surface area contributed by atoms with E-state index in [-0.39, 0.29) is 26.0 Å². The van der Waals surface area contributed by atoms with Crippen LogP contribution in [0, 0.1) is 0 Å². The average molecular weight is 392 g/mol. The molecule has 1 unspecified atom stereocenters. The highest BCUT2D eigenvalue weighted by Crippen LogP contribution is 2.33. The van der Waals surface area contributed by atoms with Crippen LogP contribution in [0.3, 0.4) is 0 Å². The Morgan fingerprint density at radius 2 is 1.93 bits per heavy atom. The van der Waals surface area contributed by atoms with Gasteiger partial charge in [-0.05, 0) is 31.4 Å². The van der Waals surface area contributed by atoms with Gasteiger partial charge in [0.15, 0.2) is 5.78 Å². The lowest BCUT2D eigenvalue weighted by molar-refractivity contribution is -0.174. The molecule has 1 aromatic carbocycles. The Kier molecular flexibility index (Phi) is 7.24. The third kappa shape index (κ3) is 4.20. The van der Waals surface area contributed by atoms with Crippen molar-refractivity contribution in [1.82, 2.24) is 4.90 Å². The maximum Gasteiger partial charge on any atom is 0.418 e. The first-order valence-corrected chi connectivity index (χ1v) is 8.92. The number of rotatable bonds is 8. The van der Waals surface area contributed by atoms with Crippen molar-refractivity contribution in [3.63, 3.8) is 0 Å². The predicted molar refractivity (Wildman–Crippen MR) is 97.2 cm³/mol. The summed E-state index contributed by atoms with van der Waals surface area (Å²) < 4.78 is 10.1. The van der Waals surface area contributed by atoms with E-state index in [4.69, 9.17) is 15.2 Å². The monoisotopic (exact) mass is 392 g/mol. The van der Waals surface area contributed by atoms with E-state index in [0.29, 0.717) is 16.9 Å². The zero-order valence-corrected chi connectivity index (χ0v) is 15.6. The number of ketones is 1. The van der Waals surface area contributed by atoms with Crippen LogP contribution in [0.2, 0.25) is 0 Å². The maximum atomic E-state index is 12.8. The van der Waals surface area contributed by atoms with Gasteiger partial charge in [-0.25, -0.2) is 14.5 Å². The number of nitrogens with zero attached hydrogens (tertiary/aromatic N) is 1. The van der Waals surface area contributed by atoms with Gasteiger partial charge in [0.1, 0.15) is 12.7 Å². The number of carbonyl (C=O) groups excluding carboxylic acids is 3. The number of Topliss-reactive ketones (excluding diaryl/α,β-unsaturated/α-hetero) is 1. The molecule has 0 aromatic heterocycles. The summed E-state index contributed by atoms with van der Waals surface area (Å²) in [4.78, 5) is 50.8.